The molecule has 0 atom stereocenters. The minimum Gasteiger partial charge on any atom is -0.366 e. The van der Waals surface area contributed by atoms with E-state index >= 15 is 0 Å². The molecule has 0 aromatic heterocycles. The average Bonchev–Trinajstić information content (AvgIpc) is 2.18. The fourth-order valence-electron chi connectivity index (χ4n) is 2.31. The molecule has 2 nitrogen and oxygen atoms in total. The maximum absolute atomic E-state index is 11.5. The van der Waals surface area contributed by atoms with Gasteiger partial charge in [0.05, 0.1) is 0 Å². The van der Waals surface area contributed by atoms with E-state index in [0.717, 1.165) is 11.0 Å². The Labute approximate surface area is 105 Å². The van der Waals surface area contributed by atoms with Gasteiger partial charge in [0, 0.05) is 35.1 Å². The number of halogens is 1. The van der Waals surface area contributed by atoms with Gasteiger partial charge in [-0.3, -0.25) is 4.79 Å². The van der Waals surface area contributed by atoms with E-state index in [9.17, 15) is 4.79 Å². The first-order chi connectivity index (χ1) is 7.49. The van der Waals surface area contributed by atoms with Crippen LogP contribution in [-0.4, -0.2) is 17.9 Å². The van der Waals surface area contributed by atoms with Crippen molar-refractivity contribution in [1.29, 1.82) is 0 Å². The van der Waals surface area contributed by atoms with E-state index in [-0.39, 0.29) is 5.54 Å². The molecule has 2 rings (SSSR count). The van der Waals surface area contributed by atoms with Gasteiger partial charge in [-0.2, -0.15) is 0 Å². The van der Waals surface area contributed by atoms with E-state index in [0.29, 0.717) is 18.6 Å². The second kappa shape index (κ2) is 4.21. The van der Waals surface area contributed by atoms with E-state index < -0.39 is 0 Å². The highest BCUT2D eigenvalue weighted by molar-refractivity contribution is 9.10. The number of piperidine rings is 1. The van der Waals surface area contributed by atoms with Gasteiger partial charge >= 0.3 is 0 Å². The maximum atomic E-state index is 11.5. The Balaban J connectivity index is 2.26. The van der Waals surface area contributed by atoms with Gasteiger partial charge in [0.25, 0.3) is 0 Å². The lowest BCUT2D eigenvalue weighted by Gasteiger charge is -2.43. The quantitative estimate of drug-likeness (QED) is 0.787. The summed E-state index contributed by atoms with van der Waals surface area (Å²) in [5.41, 5.74) is 1.13. The van der Waals surface area contributed by atoms with Crippen LogP contribution in [0.5, 0.6) is 0 Å². The van der Waals surface area contributed by atoms with Crippen LogP contribution < -0.4 is 4.90 Å². The molecule has 0 unspecified atom stereocenters. The van der Waals surface area contributed by atoms with Gasteiger partial charge in [-0.05, 0) is 38.1 Å². The molecule has 1 aliphatic heterocycles. The lowest BCUT2D eigenvalue weighted by Crippen LogP contribution is -2.50. The minimum absolute atomic E-state index is 0.0663. The van der Waals surface area contributed by atoms with Crippen LogP contribution in [0.2, 0.25) is 0 Å². The predicted octanol–water partition coefficient (Wildman–Crippen LogP) is 3.40. The van der Waals surface area contributed by atoms with Gasteiger partial charge in [-0.1, -0.05) is 15.9 Å². The van der Waals surface area contributed by atoms with E-state index in [1.165, 1.54) is 5.69 Å². The Morgan fingerprint density at radius 1 is 1.25 bits per heavy atom. The summed E-state index contributed by atoms with van der Waals surface area (Å²) in [5, 5.41) is 0. The lowest BCUT2D eigenvalue weighted by molar-refractivity contribution is -0.121. The molecule has 1 aromatic rings. The number of benzene rings is 1. The Bertz CT molecular complexity index is 397. The number of nitrogens with zero attached hydrogens (tertiary/aromatic N) is 1. The van der Waals surface area contributed by atoms with Crippen molar-refractivity contribution in [3.63, 3.8) is 0 Å². The second-order valence-electron chi connectivity index (χ2n) is 4.91. The summed E-state index contributed by atoms with van der Waals surface area (Å²) in [5.74, 6) is 0.373. The smallest absolute Gasteiger partial charge is 0.136 e. The molecular formula is C13H16BrNO. The third kappa shape index (κ3) is 2.29. The molecule has 16 heavy (non-hydrogen) atoms. The molecule has 3 heteroatoms. The van der Waals surface area contributed by atoms with Gasteiger partial charge in [0.1, 0.15) is 5.78 Å². The summed E-state index contributed by atoms with van der Waals surface area (Å²) in [6, 6.07) is 8.28. The van der Waals surface area contributed by atoms with Crippen LogP contribution in [0.4, 0.5) is 5.69 Å². The molecule has 1 saturated heterocycles. The zero-order valence-electron chi connectivity index (χ0n) is 9.66. The molecule has 1 fully saturated rings. The van der Waals surface area contributed by atoms with Gasteiger partial charge in [0.2, 0.25) is 0 Å². The number of rotatable bonds is 1. The van der Waals surface area contributed by atoms with Crippen molar-refractivity contribution in [2.45, 2.75) is 32.2 Å². The first-order valence-electron chi connectivity index (χ1n) is 5.54. The summed E-state index contributed by atoms with van der Waals surface area (Å²) < 4.78 is 1.09. The van der Waals surface area contributed by atoms with Gasteiger partial charge in [-0.25, -0.2) is 0 Å². The third-order valence-corrected chi connectivity index (χ3v) is 3.64. The summed E-state index contributed by atoms with van der Waals surface area (Å²) in [6.07, 6.45) is 1.31. The summed E-state index contributed by atoms with van der Waals surface area (Å²) in [7, 11) is 0. The Morgan fingerprint density at radius 2 is 1.88 bits per heavy atom. The number of anilines is 1. The Hall–Kier alpha value is -0.830. The molecule has 86 valence electrons. The zero-order valence-corrected chi connectivity index (χ0v) is 11.3. The first kappa shape index (κ1) is 11.6. The highest BCUT2D eigenvalue weighted by Gasteiger charge is 2.33. The molecular weight excluding hydrogens is 266 g/mol. The molecule has 0 amide bonds. The molecule has 1 aliphatic rings. The van der Waals surface area contributed by atoms with Gasteiger partial charge < -0.3 is 4.90 Å². The molecule has 0 N–H and O–H groups in total. The van der Waals surface area contributed by atoms with Gasteiger partial charge in [-0.15, -0.1) is 0 Å². The Morgan fingerprint density at radius 3 is 2.44 bits per heavy atom. The SMILES string of the molecule is CC1(C)CC(=O)CCN1c1ccc(Br)cc1. The van der Waals surface area contributed by atoms with E-state index in [1.54, 1.807) is 0 Å². The van der Waals surface area contributed by atoms with Crippen LogP contribution in [0.25, 0.3) is 0 Å². The highest BCUT2D eigenvalue weighted by atomic mass is 79.9. The van der Waals surface area contributed by atoms with Crippen LogP contribution in [0.3, 0.4) is 0 Å². The molecule has 0 aliphatic carbocycles. The number of hydrogen-bond acceptors (Lipinski definition) is 2. The first-order valence-corrected chi connectivity index (χ1v) is 6.33. The third-order valence-electron chi connectivity index (χ3n) is 3.11. The molecule has 0 bridgehead atoms. The van der Waals surface area contributed by atoms with Crippen LogP contribution >= 0.6 is 15.9 Å². The van der Waals surface area contributed by atoms with E-state index in [2.05, 4.69) is 46.8 Å². The second-order valence-corrected chi connectivity index (χ2v) is 5.82. The number of carbonyl (C=O) groups is 1. The van der Waals surface area contributed by atoms with Crippen molar-refractivity contribution in [1.82, 2.24) is 0 Å². The Kier molecular flexibility index (Phi) is 3.06. The summed E-state index contributed by atoms with van der Waals surface area (Å²) in [4.78, 5) is 13.8. The van der Waals surface area contributed by atoms with Crippen molar-refractivity contribution < 1.29 is 4.79 Å². The normalized spacial score (nSPS) is 19.9. The van der Waals surface area contributed by atoms with Crippen molar-refractivity contribution in [3.05, 3.63) is 28.7 Å². The van der Waals surface area contributed by atoms with Crippen LogP contribution in [0.15, 0.2) is 28.7 Å². The van der Waals surface area contributed by atoms with Crippen molar-refractivity contribution in [3.8, 4) is 0 Å². The zero-order chi connectivity index (χ0) is 11.8. The maximum Gasteiger partial charge on any atom is 0.136 e. The number of ketones is 1. The largest absolute Gasteiger partial charge is 0.366 e. The van der Waals surface area contributed by atoms with Crippen LogP contribution in [0.1, 0.15) is 26.7 Å². The van der Waals surface area contributed by atoms with E-state index in [1.807, 2.05) is 12.1 Å². The fraction of sp³-hybridized carbons (Fsp3) is 0.462. The van der Waals surface area contributed by atoms with Crippen molar-refractivity contribution in [2.24, 2.45) is 0 Å². The van der Waals surface area contributed by atoms with Crippen LogP contribution in [0, 0.1) is 0 Å². The monoisotopic (exact) mass is 281 g/mol. The number of carbonyl (C=O) groups excluding carboxylic acids is 1. The molecule has 1 aromatic carbocycles. The average molecular weight is 282 g/mol. The van der Waals surface area contributed by atoms with Crippen LogP contribution in [-0.2, 0) is 4.79 Å². The lowest BCUT2D eigenvalue weighted by atomic mass is 9.89. The summed E-state index contributed by atoms with van der Waals surface area (Å²) >= 11 is 3.43. The van der Waals surface area contributed by atoms with Gasteiger partial charge in [0.15, 0.2) is 0 Å². The highest BCUT2D eigenvalue weighted by Crippen LogP contribution is 2.31. The van der Waals surface area contributed by atoms with Crippen molar-refractivity contribution in [2.75, 3.05) is 11.4 Å². The topological polar surface area (TPSA) is 20.3 Å². The number of Topliss-reactive ketones (excluding diaryl/α,β-unsaturated/α-hetero) is 1. The van der Waals surface area contributed by atoms with Crippen molar-refractivity contribution >= 4 is 27.4 Å². The minimum atomic E-state index is -0.0663. The predicted molar refractivity (Wildman–Crippen MR) is 69.8 cm³/mol. The molecule has 0 saturated carbocycles. The molecule has 0 spiro atoms. The fourth-order valence-corrected chi connectivity index (χ4v) is 2.57. The standard InChI is InChI=1S/C13H16BrNO/c1-13(2)9-12(16)7-8-15(13)11-5-3-10(14)4-6-11/h3-6H,7-9H2,1-2H3. The molecule has 1 heterocycles. The molecule has 0 radical (unpaired) electrons. The number of hydrogen-bond donors (Lipinski definition) is 0. The summed E-state index contributed by atoms with van der Waals surface area (Å²) in [6.45, 7) is 5.09. The van der Waals surface area contributed by atoms with E-state index in [4.69, 9.17) is 0 Å².